The summed E-state index contributed by atoms with van der Waals surface area (Å²) < 4.78 is 1.50. The molecule has 10 heteroatoms. The van der Waals surface area contributed by atoms with Crippen LogP contribution in [0, 0.1) is 6.92 Å². The van der Waals surface area contributed by atoms with Crippen LogP contribution in [0.1, 0.15) is 16.8 Å². The molecule has 0 fully saturated rings. The summed E-state index contributed by atoms with van der Waals surface area (Å²) in [5, 5.41) is 9.19. The second-order valence-electron chi connectivity index (χ2n) is 4.71. The van der Waals surface area contributed by atoms with Crippen molar-refractivity contribution in [3.8, 4) is 0 Å². The summed E-state index contributed by atoms with van der Waals surface area (Å²) in [5.41, 5.74) is 8.50. The standard InChI is InChI=1S/C14H12Cl3N5O2/c1-7-8(5-19-20-14(24)13(18)23)12(17)22(21-7)6-9-10(15)3-2-4-11(9)16/h2-5H,6H2,1H3,(H2,18,23)(H,20,24)/b19-5+. The fourth-order valence-corrected chi connectivity index (χ4v) is 2.66. The number of nitrogens with two attached hydrogens (primary N) is 1. The van der Waals surface area contributed by atoms with Gasteiger partial charge in [-0.3, -0.25) is 9.59 Å². The highest BCUT2D eigenvalue weighted by atomic mass is 35.5. The van der Waals surface area contributed by atoms with E-state index in [0.29, 0.717) is 26.9 Å². The number of nitrogens with one attached hydrogen (secondary N) is 1. The summed E-state index contributed by atoms with van der Waals surface area (Å²) in [7, 11) is 0. The predicted molar refractivity (Wildman–Crippen MR) is 92.5 cm³/mol. The molecule has 1 aromatic carbocycles. The first-order chi connectivity index (χ1) is 11.3. The Kier molecular flexibility index (Phi) is 5.82. The molecule has 2 rings (SSSR count). The van der Waals surface area contributed by atoms with Gasteiger partial charge in [-0.1, -0.05) is 40.9 Å². The van der Waals surface area contributed by atoms with Crippen LogP contribution in [0.5, 0.6) is 0 Å². The van der Waals surface area contributed by atoms with Crippen molar-refractivity contribution in [3.63, 3.8) is 0 Å². The Morgan fingerprint density at radius 3 is 2.54 bits per heavy atom. The molecular weight excluding hydrogens is 377 g/mol. The second-order valence-corrected chi connectivity index (χ2v) is 5.88. The average Bonchev–Trinajstić information content (AvgIpc) is 2.78. The minimum Gasteiger partial charge on any atom is -0.361 e. The summed E-state index contributed by atoms with van der Waals surface area (Å²) in [6.07, 6.45) is 1.27. The molecule has 0 spiro atoms. The van der Waals surface area contributed by atoms with Gasteiger partial charge in [-0.15, -0.1) is 0 Å². The van der Waals surface area contributed by atoms with Gasteiger partial charge in [0.2, 0.25) is 0 Å². The maximum absolute atomic E-state index is 11.0. The lowest BCUT2D eigenvalue weighted by Crippen LogP contribution is -2.32. The number of hydrogen-bond acceptors (Lipinski definition) is 4. The number of carbonyl (C=O) groups excluding carboxylic acids is 2. The van der Waals surface area contributed by atoms with E-state index in [0.717, 1.165) is 0 Å². The number of halogens is 3. The maximum atomic E-state index is 11.0. The summed E-state index contributed by atoms with van der Waals surface area (Å²) in [4.78, 5) is 21.7. The van der Waals surface area contributed by atoms with E-state index in [-0.39, 0.29) is 11.7 Å². The molecule has 0 atom stereocenters. The van der Waals surface area contributed by atoms with Gasteiger partial charge < -0.3 is 5.73 Å². The number of primary amides is 1. The number of aryl methyl sites for hydroxylation is 1. The Bertz CT molecular complexity index is 812. The monoisotopic (exact) mass is 387 g/mol. The molecule has 0 saturated carbocycles. The number of rotatable bonds is 4. The number of hydrazone groups is 1. The molecule has 7 nitrogen and oxygen atoms in total. The Hall–Kier alpha value is -2.09. The predicted octanol–water partition coefficient (Wildman–Crippen LogP) is 2.14. The van der Waals surface area contributed by atoms with Crippen molar-refractivity contribution in [2.45, 2.75) is 13.5 Å². The largest absolute Gasteiger partial charge is 0.361 e. The van der Waals surface area contributed by atoms with E-state index in [9.17, 15) is 9.59 Å². The Labute approximate surface area is 152 Å². The van der Waals surface area contributed by atoms with Crippen LogP contribution in [0.3, 0.4) is 0 Å². The molecule has 0 aliphatic rings. The highest BCUT2D eigenvalue weighted by Crippen LogP contribution is 2.27. The first-order valence-corrected chi connectivity index (χ1v) is 7.73. The van der Waals surface area contributed by atoms with Gasteiger partial charge in [-0.25, -0.2) is 10.1 Å². The summed E-state index contributed by atoms with van der Waals surface area (Å²) in [6.45, 7) is 1.98. The molecule has 1 heterocycles. The minimum atomic E-state index is -1.14. The second kappa shape index (κ2) is 7.65. The molecule has 126 valence electrons. The molecule has 2 aromatic rings. The molecule has 1 aromatic heterocycles. The maximum Gasteiger partial charge on any atom is 0.329 e. The lowest BCUT2D eigenvalue weighted by molar-refractivity contribution is -0.137. The van der Waals surface area contributed by atoms with Crippen molar-refractivity contribution < 1.29 is 9.59 Å². The molecule has 3 N–H and O–H groups in total. The first kappa shape index (κ1) is 18.3. The van der Waals surface area contributed by atoms with E-state index in [1.54, 1.807) is 25.1 Å². The van der Waals surface area contributed by atoms with E-state index in [1.807, 2.05) is 5.43 Å². The van der Waals surface area contributed by atoms with E-state index >= 15 is 0 Å². The number of amides is 2. The number of benzene rings is 1. The molecule has 0 radical (unpaired) electrons. The summed E-state index contributed by atoms with van der Waals surface area (Å²) >= 11 is 18.6. The third-order valence-electron chi connectivity index (χ3n) is 3.06. The van der Waals surface area contributed by atoms with Gasteiger partial charge in [0.25, 0.3) is 0 Å². The van der Waals surface area contributed by atoms with Crippen LogP contribution in [-0.4, -0.2) is 27.8 Å². The van der Waals surface area contributed by atoms with Gasteiger partial charge in [0, 0.05) is 15.6 Å². The average molecular weight is 389 g/mol. The Morgan fingerprint density at radius 1 is 1.33 bits per heavy atom. The fourth-order valence-electron chi connectivity index (χ4n) is 1.86. The van der Waals surface area contributed by atoms with Crippen molar-refractivity contribution in [1.29, 1.82) is 0 Å². The zero-order valence-corrected chi connectivity index (χ0v) is 14.7. The van der Waals surface area contributed by atoms with Crippen molar-refractivity contribution in [2.24, 2.45) is 10.8 Å². The number of nitrogens with zero attached hydrogens (tertiary/aromatic N) is 3. The Morgan fingerprint density at radius 2 is 1.96 bits per heavy atom. The van der Waals surface area contributed by atoms with E-state index in [1.165, 1.54) is 10.9 Å². The van der Waals surface area contributed by atoms with Crippen LogP contribution < -0.4 is 11.2 Å². The number of carbonyl (C=O) groups is 2. The molecular formula is C14H12Cl3N5O2. The molecule has 0 bridgehead atoms. The lowest BCUT2D eigenvalue weighted by Gasteiger charge is -2.08. The molecule has 0 saturated heterocycles. The molecule has 0 aliphatic heterocycles. The quantitative estimate of drug-likeness (QED) is 0.476. The number of hydrogen-bond donors (Lipinski definition) is 2. The lowest BCUT2D eigenvalue weighted by atomic mass is 10.2. The van der Waals surface area contributed by atoms with Crippen LogP contribution in [0.15, 0.2) is 23.3 Å². The molecule has 0 aliphatic carbocycles. The zero-order chi connectivity index (χ0) is 17.9. The first-order valence-electron chi connectivity index (χ1n) is 6.60. The fraction of sp³-hybridized carbons (Fsp3) is 0.143. The van der Waals surface area contributed by atoms with Gasteiger partial charge in [0.15, 0.2) is 0 Å². The highest BCUT2D eigenvalue weighted by Gasteiger charge is 2.15. The van der Waals surface area contributed by atoms with E-state index < -0.39 is 11.8 Å². The van der Waals surface area contributed by atoms with Crippen molar-refractivity contribution in [3.05, 3.63) is 50.2 Å². The van der Waals surface area contributed by atoms with Crippen molar-refractivity contribution in [1.82, 2.24) is 15.2 Å². The van der Waals surface area contributed by atoms with E-state index in [4.69, 9.17) is 40.5 Å². The van der Waals surface area contributed by atoms with Crippen LogP contribution in [0.2, 0.25) is 15.2 Å². The normalized spacial score (nSPS) is 11.0. The third-order valence-corrected chi connectivity index (χ3v) is 4.17. The van der Waals surface area contributed by atoms with Crippen LogP contribution in [0.4, 0.5) is 0 Å². The van der Waals surface area contributed by atoms with Crippen molar-refractivity contribution in [2.75, 3.05) is 0 Å². The van der Waals surface area contributed by atoms with E-state index in [2.05, 4.69) is 10.2 Å². The summed E-state index contributed by atoms with van der Waals surface area (Å²) in [6, 6.07) is 5.17. The van der Waals surface area contributed by atoms with Gasteiger partial charge in [0.05, 0.1) is 24.0 Å². The van der Waals surface area contributed by atoms with Gasteiger partial charge in [0.1, 0.15) is 5.15 Å². The van der Waals surface area contributed by atoms with Gasteiger partial charge >= 0.3 is 11.8 Å². The molecule has 24 heavy (non-hydrogen) atoms. The topological polar surface area (TPSA) is 102 Å². The smallest absolute Gasteiger partial charge is 0.329 e. The van der Waals surface area contributed by atoms with Gasteiger partial charge in [-0.05, 0) is 19.1 Å². The SMILES string of the molecule is Cc1nn(Cc2c(Cl)cccc2Cl)c(Cl)c1/C=N/NC(=O)C(N)=O. The van der Waals surface area contributed by atoms with Crippen molar-refractivity contribution >= 4 is 52.8 Å². The zero-order valence-electron chi connectivity index (χ0n) is 12.4. The molecule has 0 unspecified atom stereocenters. The Balaban J connectivity index is 2.24. The minimum absolute atomic E-state index is 0.264. The highest BCUT2D eigenvalue weighted by molar-refractivity contribution is 6.36. The number of aromatic nitrogens is 2. The van der Waals surface area contributed by atoms with Crippen LogP contribution in [0.25, 0.3) is 0 Å². The van der Waals surface area contributed by atoms with Crippen LogP contribution >= 0.6 is 34.8 Å². The van der Waals surface area contributed by atoms with Crippen LogP contribution in [-0.2, 0) is 16.1 Å². The third kappa shape index (κ3) is 4.05. The molecule has 2 amide bonds. The van der Waals surface area contributed by atoms with Gasteiger partial charge in [-0.2, -0.15) is 10.2 Å². The summed E-state index contributed by atoms with van der Waals surface area (Å²) in [5.74, 6) is -2.17.